The van der Waals surface area contributed by atoms with Crippen LogP contribution in [0.3, 0.4) is 0 Å². The first-order valence-corrected chi connectivity index (χ1v) is 7.98. The van der Waals surface area contributed by atoms with E-state index in [1.807, 2.05) is 0 Å². The predicted molar refractivity (Wildman–Crippen MR) is 95.1 cm³/mol. The van der Waals surface area contributed by atoms with Gasteiger partial charge in [0.25, 0.3) is 0 Å². The maximum Gasteiger partial charge on any atom is 0.341 e. The third-order valence-electron chi connectivity index (χ3n) is 3.51. The molecule has 0 atom stereocenters. The van der Waals surface area contributed by atoms with E-state index in [1.165, 1.54) is 6.07 Å². The Labute approximate surface area is 153 Å². The van der Waals surface area contributed by atoms with Gasteiger partial charge in [-0.25, -0.2) is 4.79 Å². The number of aromatic amines is 1. The molecule has 0 aliphatic heterocycles. The van der Waals surface area contributed by atoms with Crippen LogP contribution in [-0.2, 0) is 4.79 Å². The maximum absolute atomic E-state index is 10.6. The van der Waals surface area contributed by atoms with Gasteiger partial charge >= 0.3 is 5.97 Å². The number of carboxylic acids is 1. The van der Waals surface area contributed by atoms with Crippen LogP contribution in [0.25, 0.3) is 11.3 Å². The van der Waals surface area contributed by atoms with Gasteiger partial charge in [0.15, 0.2) is 12.4 Å². The van der Waals surface area contributed by atoms with Crippen LogP contribution in [0.1, 0.15) is 5.69 Å². The Morgan fingerprint density at radius 1 is 1.19 bits per heavy atom. The molecule has 0 spiro atoms. The molecule has 1 aromatic heterocycles. The average Bonchev–Trinajstić information content (AvgIpc) is 2.96. The van der Waals surface area contributed by atoms with Crippen LogP contribution >= 0.6 is 11.6 Å². The van der Waals surface area contributed by atoms with Gasteiger partial charge in [0.05, 0.1) is 5.69 Å². The van der Waals surface area contributed by atoms with Crippen LogP contribution in [0.15, 0.2) is 42.5 Å². The zero-order chi connectivity index (χ0) is 18.7. The van der Waals surface area contributed by atoms with Crippen molar-refractivity contribution in [3.63, 3.8) is 0 Å². The molecule has 7 nitrogen and oxygen atoms in total. The smallest absolute Gasteiger partial charge is 0.341 e. The van der Waals surface area contributed by atoms with E-state index < -0.39 is 12.6 Å². The number of ether oxygens (including phenoxy) is 2. The molecule has 0 saturated carbocycles. The van der Waals surface area contributed by atoms with Crippen molar-refractivity contribution in [1.82, 2.24) is 10.2 Å². The number of phenolic OH excluding ortho intramolecular Hbond substituents is 1. The molecule has 0 bridgehead atoms. The van der Waals surface area contributed by atoms with Crippen molar-refractivity contribution in [2.45, 2.75) is 6.92 Å². The second kappa shape index (κ2) is 7.37. The third kappa shape index (κ3) is 3.89. The van der Waals surface area contributed by atoms with Gasteiger partial charge in [-0.05, 0) is 43.3 Å². The van der Waals surface area contributed by atoms with Gasteiger partial charge in [0.1, 0.15) is 22.9 Å². The number of aromatic hydroxyl groups is 1. The number of carbonyl (C=O) groups is 1. The minimum Gasteiger partial charge on any atom is -0.507 e. The topological polar surface area (TPSA) is 105 Å². The predicted octanol–water partition coefficient (Wildman–Crippen LogP) is 4.00. The molecule has 0 radical (unpaired) electrons. The van der Waals surface area contributed by atoms with E-state index in [9.17, 15) is 9.90 Å². The summed E-state index contributed by atoms with van der Waals surface area (Å²) in [7, 11) is 0. The summed E-state index contributed by atoms with van der Waals surface area (Å²) >= 11 is 5.88. The van der Waals surface area contributed by atoms with Crippen molar-refractivity contribution in [2.75, 3.05) is 6.61 Å². The molecule has 134 valence electrons. The Bertz CT molecular complexity index is 937. The first-order chi connectivity index (χ1) is 12.4. The number of hydrogen-bond acceptors (Lipinski definition) is 5. The van der Waals surface area contributed by atoms with Gasteiger partial charge in [0, 0.05) is 16.7 Å². The van der Waals surface area contributed by atoms with Crippen LogP contribution in [0.5, 0.6) is 23.0 Å². The standard InChI is InChI=1S/C18H15ClN2O5/c1-10-18(26-12-4-2-11(19)3-5-12)17(21-20-10)14-7-6-13(8-15(14)22)25-9-16(23)24/h2-8,22H,9H2,1H3,(H,20,21)(H,23,24). The molecular formula is C18H15ClN2O5. The number of benzene rings is 2. The molecule has 8 heteroatoms. The van der Waals surface area contributed by atoms with E-state index in [1.54, 1.807) is 43.3 Å². The Balaban J connectivity index is 1.90. The summed E-state index contributed by atoms with van der Waals surface area (Å²) in [6.45, 7) is 1.30. The van der Waals surface area contributed by atoms with E-state index in [4.69, 9.17) is 26.2 Å². The molecule has 26 heavy (non-hydrogen) atoms. The first kappa shape index (κ1) is 17.6. The first-order valence-electron chi connectivity index (χ1n) is 7.60. The van der Waals surface area contributed by atoms with Crippen LogP contribution in [0, 0.1) is 6.92 Å². The van der Waals surface area contributed by atoms with Crippen LogP contribution in [0.2, 0.25) is 5.02 Å². The number of phenols is 1. The highest BCUT2D eigenvalue weighted by atomic mass is 35.5. The van der Waals surface area contributed by atoms with Crippen molar-refractivity contribution >= 4 is 17.6 Å². The summed E-state index contributed by atoms with van der Waals surface area (Å²) < 4.78 is 10.9. The number of halogens is 1. The summed E-state index contributed by atoms with van der Waals surface area (Å²) in [6.07, 6.45) is 0. The van der Waals surface area contributed by atoms with Gasteiger partial charge in [0.2, 0.25) is 0 Å². The fourth-order valence-corrected chi connectivity index (χ4v) is 2.42. The summed E-state index contributed by atoms with van der Waals surface area (Å²) in [4.78, 5) is 10.6. The number of rotatable bonds is 6. The number of aromatic nitrogens is 2. The highest BCUT2D eigenvalue weighted by Crippen LogP contribution is 2.39. The molecule has 1 heterocycles. The van der Waals surface area contributed by atoms with E-state index in [-0.39, 0.29) is 11.5 Å². The fraction of sp³-hybridized carbons (Fsp3) is 0.111. The molecule has 3 rings (SSSR count). The highest BCUT2D eigenvalue weighted by molar-refractivity contribution is 6.30. The van der Waals surface area contributed by atoms with Crippen molar-refractivity contribution in [3.8, 4) is 34.3 Å². The lowest BCUT2D eigenvalue weighted by Crippen LogP contribution is -2.09. The minimum absolute atomic E-state index is 0.111. The number of nitrogens with zero attached hydrogens (tertiary/aromatic N) is 1. The van der Waals surface area contributed by atoms with E-state index in [2.05, 4.69) is 10.2 Å². The molecule has 0 unspecified atom stereocenters. The molecule has 0 amide bonds. The molecule has 0 aliphatic rings. The van der Waals surface area contributed by atoms with Crippen molar-refractivity contribution in [1.29, 1.82) is 0 Å². The summed E-state index contributed by atoms with van der Waals surface area (Å²) in [6, 6.07) is 11.3. The summed E-state index contributed by atoms with van der Waals surface area (Å²) in [5.41, 5.74) is 1.52. The zero-order valence-electron chi connectivity index (χ0n) is 13.7. The Kier molecular flexibility index (Phi) is 4.99. The number of aryl methyl sites for hydroxylation is 1. The maximum atomic E-state index is 10.6. The van der Waals surface area contributed by atoms with Gasteiger partial charge < -0.3 is 19.7 Å². The Morgan fingerprint density at radius 3 is 2.54 bits per heavy atom. The molecule has 0 fully saturated rings. The van der Waals surface area contributed by atoms with E-state index >= 15 is 0 Å². The Morgan fingerprint density at radius 2 is 1.88 bits per heavy atom. The van der Waals surface area contributed by atoms with Crippen LogP contribution < -0.4 is 9.47 Å². The molecule has 0 saturated heterocycles. The average molecular weight is 375 g/mol. The number of aliphatic carboxylic acids is 1. The highest BCUT2D eigenvalue weighted by Gasteiger charge is 2.18. The largest absolute Gasteiger partial charge is 0.507 e. The number of carboxylic acid groups (broad SMARTS) is 1. The van der Waals surface area contributed by atoms with Crippen molar-refractivity contribution in [3.05, 3.63) is 53.2 Å². The number of hydrogen-bond donors (Lipinski definition) is 3. The van der Waals surface area contributed by atoms with Gasteiger partial charge in [-0.1, -0.05) is 11.6 Å². The number of H-pyrrole nitrogens is 1. The van der Waals surface area contributed by atoms with Gasteiger partial charge in [-0.3, -0.25) is 5.10 Å². The quantitative estimate of drug-likeness (QED) is 0.602. The summed E-state index contributed by atoms with van der Waals surface area (Å²) in [5, 5.41) is 26.6. The number of nitrogens with one attached hydrogen (secondary N) is 1. The molecule has 3 aromatic rings. The zero-order valence-corrected chi connectivity index (χ0v) is 14.4. The van der Waals surface area contributed by atoms with Crippen molar-refractivity contribution < 1.29 is 24.5 Å². The molecular weight excluding hydrogens is 360 g/mol. The molecule has 3 N–H and O–H groups in total. The lowest BCUT2D eigenvalue weighted by Gasteiger charge is -2.10. The summed E-state index contributed by atoms with van der Waals surface area (Å²) in [5.74, 6) is 0.0550. The minimum atomic E-state index is -1.10. The van der Waals surface area contributed by atoms with Gasteiger partial charge in [-0.2, -0.15) is 5.10 Å². The molecule has 0 aliphatic carbocycles. The van der Waals surface area contributed by atoms with Crippen molar-refractivity contribution in [2.24, 2.45) is 0 Å². The van der Waals surface area contributed by atoms with Gasteiger partial charge in [-0.15, -0.1) is 0 Å². The normalized spacial score (nSPS) is 10.5. The molecule has 2 aromatic carbocycles. The lowest BCUT2D eigenvalue weighted by atomic mass is 10.1. The van der Waals surface area contributed by atoms with E-state index in [0.717, 1.165) is 0 Å². The van der Waals surface area contributed by atoms with Crippen LogP contribution in [-0.4, -0.2) is 33.0 Å². The van der Waals surface area contributed by atoms with Crippen LogP contribution in [0.4, 0.5) is 0 Å². The third-order valence-corrected chi connectivity index (χ3v) is 3.76. The second-order valence-electron chi connectivity index (χ2n) is 5.44. The Hall–Kier alpha value is -3.19. The SMILES string of the molecule is Cc1[nH]nc(-c2ccc(OCC(=O)O)cc2O)c1Oc1ccc(Cl)cc1. The van der Waals surface area contributed by atoms with E-state index in [0.29, 0.717) is 33.5 Å². The lowest BCUT2D eigenvalue weighted by molar-refractivity contribution is -0.139. The monoisotopic (exact) mass is 374 g/mol. The second-order valence-corrected chi connectivity index (χ2v) is 5.88. The fourth-order valence-electron chi connectivity index (χ4n) is 2.29.